The third-order valence-electron chi connectivity index (χ3n) is 2.34. The number of benzene rings is 1. The van der Waals surface area contributed by atoms with Crippen molar-refractivity contribution in [3.63, 3.8) is 0 Å². The quantitative estimate of drug-likeness (QED) is 0.754. The molecule has 1 unspecified atom stereocenters. The maximum absolute atomic E-state index is 9.64. The van der Waals surface area contributed by atoms with Gasteiger partial charge in [0, 0.05) is 19.6 Å². The van der Waals surface area contributed by atoms with Gasteiger partial charge in [0.2, 0.25) is 0 Å². The third kappa shape index (κ3) is 5.45. The first kappa shape index (κ1) is 13.7. The summed E-state index contributed by atoms with van der Waals surface area (Å²) in [6.45, 7) is 1.86. The fourth-order valence-corrected chi connectivity index (χ4v) is 1.62. The summed E-state index contributed by atoms with van der Waals surface area (Å²) < 4.78 is 0. The molecule has 2 N–H and O–H groups in total. The topological polar surface area (TPSA) is 59.3 Å². The van der Waals surface area contributed by atoms with Crippen LogP contribution in [0.5, 0.6) is 0 Å². The maximum atomic E-state index is 9.64. The summed E-state index contributed by atoms with van der Waals surface area (Å²) in [6, 6.07) is 9.57. The van der Waals surface area contributed by atoms with E-state index in [0.717, 1.165) is 5.56 Å². The first-order chi connectivity index (χ1) is 8.11. The van der Waals surface area contributed by atoms with Gasteiger partial charge in [-0.05, 0) is 31.8 Å². The van der Waals surface area contributed by atoms with E-state index in [2.05, 4.69) is 11.4 Å². The molecule has 0 spiro atoms. The van der Waals surface area contributed by atoms with Crippen LogP contribution in [0.25, 0.3) is 0 Å². The van der Waals surface area contributed by atoms with Crippen LogP contribution in [-0.4, -0.2) is 43.3 Å². The Bertz CT molecular complexity index is 384. The summed E-state index contributed by atoms with van der Waals surface area (Å²) in [5.74, 6) is 0. The van der Waals surface area contributed by atoms with Gasteiger partial charge in [0.1, 0.15) is 0 Å². The van der Waals surface area contributed by atoms with Crippen LogP contribution in [0.15, 0.2) is 24.3 Å². The normalized spacial score (nSPS) is 12.4. The molecule has 4 nitrogen and oxygen atoms in total. The van der Waals surface area contributed by atoms with Crippen LogP contribution in [0, 0.1) is 11.3 Å². The lowest BCUT2D eigenvalue weighted by Gasteiger charge is -2.16. The van der Waals surface area contributed by atoms with E-state index >= 15 is 0 Å². The Kier molecular flexibility index (Phi) is 5.64. The predicted molar refractivity (Wildman–Crippen MR) is 67.4 cm³/mol. The summed E-state index contributed by atoms with van der Waals surface area (Å²) >= 11 is 0. The first-order valence-electron chi connectivity index (χ1n) is 5.64. The zero-order valence-corrected chi connectivity index (χ0v) is 10.3. The van der Waals surface area contributed by atoms with Crippen molar-refractivity contribution in [2.75, 3.05) is 27.2 Å². The Balaban J connectivity index is 2.33. The van der Waals surface area contributed by atoms with Crippen molar-refractivity contribution in [1.29, 1.82) is 5.26 Å². The van der Waals surface area contributed by atoms with Gasteiger partial charge in [-0.1, -0.05) is 12.1 Å². The number of hydrogen-bond acceptors (Lipinski definition) is 4. The Morgan fingerprint density at radius 2 is 2.24 bits per heavy atom. The fourth-order valence-electron chi connectivity index (χ4n) is 1.62. The van der Waals surface area contributed by atoms with Gasteiger partial charge in [0.25, 0.3) is 0 Å². The second kappa shape index (κ2) is 7.02. The van der Waals surface area contributed by atoms with E-state index in [4.69, 9.17) is 5.26 Å². The number of aliphatic hydroxyl groups excluding tert-OH is 1. The molecule has 17 heavy (non-hydrogen) atoms. The van der Waals surface area contributed by atoms with E-state index in [1.807, 2.05) is 37.2 Å². The number of nitriles is 1. The van der Waals surface area contributed by atoms with Crippen LogP contribution in [0.3, 0.4) is 0 Å². The van der Waals surface area contributed by atoms with Gasteiger partial charge >= 0.3 is 0 Å². The molecule has 0 amide bonds. The Morgan fingerprint density at radius 3 is 2.88 bits per heavy atom. The average Bonchev–Trinajstić information content (AvgIpc) is 2.28. The van der Waals surface area contributed by atoms with E-state index in [1.165, 1.54) is 0 Å². The first-order valence-corrected chi connectivity index (χ1v) is 5.64. The Labute approximate surface area is 102 Å². The van der Waals surface area contributed by atoms with E-state index in [-0.39, 0.29) is 6.10 Å². The smallest absolute Gasteiger partial charge is 0.0991 e. The number of nitrogens with one attached hydrogen (secondary N) is 1. The lowest BCUT2D eigenvalue weighted by Crippen LogP contribution is -2.34. The zero-order valence-electron chi connectivity index (χ0n) is 10.3. The predicted octanol–water partition coefficient (Wildman–Crippen LogP) is 0.570. The molecule has 1 rings (SSSR count). The molecule has 0 aliphatic rings. The van der Waals surface area contributed by atoms with E-state index < -0.39 is 0 Å². The summed E-state index contributed by atoms with van der Waals surface area (Å²) in [6.07, 6.45) is -0.371. The SMILES string of the molecule is CN(C)CC(O)CNCc1cccc(C#N)c1. The second-order valence-electron chi connectivity index (χ2n) is 4.36. The van der Waals surface area contributed by atoms with E-state index in [9.17, 15) is 5.11 Å². The van der Waals surface area contributed by atoms with Crippen molar-refractivity contribution in [3.05, 3.63) is 35.4 Å². The molecule has 0 saturated carbocycles. The van der Waals surface area contributed by atoms with Crippen molar-refractivity contribution in [3.8, 4) is 6.07 Å². The highest BCUT2D eigenvalue weighted by molar-refractivity contribution is 5.32. The van der Waals surface area contributed by atoms with Crippen LogP contribution in [0.4, 0.5) is 0 Å². The molecule has 0 fully saturated rings. The second-order valence-corrected chi connectivity index (χ2v) is 4.36. The minimum atomic E-state index is -0.371. The monoisotopic (exact) mass is 233 g/mol. The van der Waals surface area contributed by atoms with Crippen LogP contribution < -0.4 is 5.32 Å². The molecule has 0 heterocycles. The van der Waals surface area contributed by atoms with Crippen molar-refractivity contribution in [2.45, 2.75) is 12.6 Å². The maximum Gasteiger partial charge on any atom is 0.0991 e. The van der Waals surface area contributed by atoms with Gasteiger partial charge in [-0.2, -0.15) is 5.26 Å². The number of hydrogen-bond donors (Lipinski definition) is 2. The molecule has 0 aliphatic heterocycles. The third-order valence-corrected chi connectivity index (χ3v) is 2.34. The molecule has 0 aromatic heterocycles. The van der Waals surface area contributed by atoms with Crippen molar-refractivity contribution >= 4 is 0 Å². The summed E-state index contributed by atoms with van der Waals surface area (Å²) in [7, 11) is 3.86. The lowest BCUT2D eigenvalue weighted by molar-refractivity contribution is 0.134. The number of likely N-dealkylation sites (N-methyl/N-ethyl adjacent to an activating group) is 1. The van der Waals surface area contributed by atoms with Gasteiger partial charge in [-0.15, -0.1) is 0 Å². The van der Waals surface area contributed by atoms with Gasteiger partial charge < -0.3 is 15.3 Å². The molecular formula is C13H19N3O. The molecule has 1 atom stereocenters. The van der Waals surface area contributed by atoms with Crippen LogP contribution in [-0.2, 0) is 6.54 Å². The minimum absolute atomic E-state index is 0.371. The Morgan fingerprint density at radius 1 is 1.47 bits per heavy atom. The lowest BCUT2D eigenvalue weighted by atomic mass is 10.1. The van der Waals surface area contributed by atoms with Gasteiger partial charge in [-0.25, -0.2) is 0 Å². The van der Waals surface area contributed by atoms with Gasteiger partial charge in [0.15, 0.2) is 0 Å². The van der Waals surface area contributed by atoms with Crippen molar-refractivity contribution in [2.24, 2.45) is 0 Å². The molecule has 1 aromatic carbocycles. The largest absolute Gasteiger partial charge is 0.390 e. The molecule has 0 radical (unpaired) electrons. The van der Waals surface area contributed by atoms with Crippen molar-refractivity contribution < 1.29 is 5.11 Å². The van der Waals surface area contributed by atoms with E-state index in [1.54, 1.807) is 6.07 Å². The molecule has 4 heteroatoms. The molecule has 0 aliphatic carbocycles. The van der Waals surface area contributed by atoms with Crippen molar-refractivity contribution in [1.82, 2.24) is 10.2 Å². The number of rotatable bonds is 6. The summed E-state index contributed by atoms with van der Waals surface area (Å²) in [5.41, 5.74) is 1.72. The van der Waals surface area contributed by atoms with Crippen LogP contribution in [0.1, 0.15) is 11.1 Å². The summed E-state index contributed by atoms with van der Waals surface area (Å²) in [5, 5.41) is 21.6. The summed E-state index contributed by atoms with van der Waals surface area (Å²) in [4.78, 5) is 1.95. The molecule has 92 valence electrons. The van der Waals surface area contributed by atoms with Crippen LogP contribution in [0.2, 0.25) is 0 Å². The number of nitrogens with zero attached hydrogens (tertiary/aromatic N) is 2. The van der Waals surface area contributed by atoms with Gasteiger partial charge in [0.05, 0.1) is 17.7 Å². The highest BCUT2D eigenvalue weighted by Gasteiger charge is 2.04. The molecule has 0 saturated heterocycles. The standard InChI is InChI=1S/C13H19N3O/c1-16(2)10-13(17)9-15-8-12-5-3-4-11(6-12)7-14/h3-6,13,15,17H,8-10H2,1-2H3. The Hall–Kier alpha value is -1.41. The number of aliphatic hydroxyl groups is 1. The zero-order chi connectivity index (χ0) is 12.7. The average molecular weight is 233 g/mol. The highest BCUT2D eigenvalue weighted by Crippen LogP contribution is 2.03. The van der Waals surface area contributed by atoms with Crippen LogP contribution >= 0.6 is 0 Å². The highest BCUT2D eigenvalue weighted by atomic mass is 16.3. The molecular weight excluding hydrogens is 214 g/mol. The van der Waals surface area contributed by atoms with Gasteiger partial charge in [-0.3, -0.25) is 0 Å². The van der Waals surface area contributed by atoms with E-state index in [0.29, 0.717) is 25.2 Å². The fraction of sp³-hybridized carbons (Fsp3) is 0.462. The molecule has 1 aromatic rings. The molecule has 0 bridgehead atoms. The minimum Gasteiger partial charge on any atom is -0.390 e.